The van der Waals surface area contributed by atoms with Crippen molar-refractivity contribution in [3.05, 3.63) is 82.4 Å². The third-order valence-electron chi connectivity index (χ3n) is 4.35. The summed E-state index contributed by atoms with van der Waals surface area (Å²) in [6.07, 6.45) is 1.03. The van der Waals surface area contributed by atoms with Crippen molar-refractivity contribution >= 4 is 23.1 Å². The Morgan fingerprint density at radius 3 is 2.69 bits per heavy atom. The molecule has 3 rings (SSSR count). The molecular weight excluding hydrogens is 336 g/mol. The van der Waals surface area contributed by atoms with Crippen molar-refractivity contribution in [3.8, 4) is 0 Å². The Hall–Kier alpha value is -3.32. The second-order valence-corrected chi connectivity index (χ2v) is 5.99. The number of nitrogens with zero attached hydrogens (tertiary/aromatic N) is 2. The lowest BCUT2D eigenvalue weighted by atomic mass is 9.88. The van der Waals surface area contributed by atoms with Crippen LogP contribution in [0.25, 0.3) is 0 Å². The third kappa shape index (κ3) is 2.78. The van der Waals surface area contributed by atoms with Crippen molar-refractivity contribution in [2.45, 2.75) is 12.0 Å². The second kappa shape index (κ2) is 6.53. The van der Waals surface area contributed by atoms with E-state index in [0.717, 1.165) is 6.07 Å². The smallest absolute Gasteiger partial charge is 0.270 e. The van der Waals surface area contributed by atoms with Gasteiger partial charge in [0.15, 0.2) is 11.4 Å². The molecule has 1 amide bonds. The summed E-state index contributed by atoms with van der Waals surface area (Å²) in [5, 5.41) is 21.9. The fraction of sp³-hybridized carbons (Fsp3) is 0.158. The Morgan fingerprint density at radius 2 is 2.00 bits per heavy atom. The summed E-state index contributed by atoms with van der Waals surface area (Å²) in [7, 11) is 0. The first kappa shape index (κ1) is 17.5. The van der Waals surface area contributed by atoms with E-state index in [-0.39, 0.29) is 17.8 Å². The fourth-order valence-electron chi connectivity index (χ4n) is 3.12. The highest BCUT2D eigenvalue weighted by atomic mass is 16.6. The Balaban J connectivity index is 1.97. The maximum atomic E-state index is 12.8. The van der Waals surface area contributed by atoms with E-state index in [0.29, 0.717) is 11.3 Å². The van der Waals surface area contributed by atoms with Gasteiger partial charge in [-0.25, -0.2) is 0 Å². The SMILES string of the molecule is C=CCN1C(=O)[C@@](O)(CC(=O)c2cccc([N+](=O)[O-])c2)c2ccccc21. The molecule has 2 aromatic rings. The summed E-state index contributed by atoms with van der Waals surface area (Å²) < 4.78 is 0. The number of amides is 1. The van der Waals surface area contributed by atoms with Gasteiger partial charge < -0.3 is 10.0 Å². The van der Waals surface area contributed by atoms with Crippen molar-refractivity contribution in [2.75, 3.05) is 11.4 Å². The van der Waals surface area contributed by atoms with Crippen LogP contribution in [0.15, 0.2) is 61.2 Å². The van der Waals surface area contributed by atoms with E-state index in [4.69, 9.17) is 0 Å². The number of carbonyl (C=O) groups excluding carboxylic acids is 2. The van der Waals surface area contributed by atoms with Gasteiger partial charge in [0.2, 0.25) is 0 Å². The molecule has 0 fully saturated rings. The van der Waals surface area contributed by atoms with Crippen LogP contribution in [0, 0.1) is 10.1 Å². The molecule has 1 aliphatic heterocycles. The van der Waals surface area contributed by atoms with Crippen LogP contribution >= 0.6 is 0 Å². The second-order valence-electron chi connectivity index (χ2n) is 5.99. The van der Waals surface area contributed by atoms with Crippen LogP contribution in [-0.4, -0.2) is 28.3 Å². The molecule has 2 aromatic carbocycles. The first-order valence-electron chi connectivity index (χ1n) is 7.91. The van der Waals surface area contributed by atoms with Crippen molar-refractivity contribution < 1.29 is 19.6 Å². The van der Waals surface area contributed by atoms with E-state index in [1.165, 1.54) is 29.2 Å². The molecule has 0 aliphatic carbocycles. The predicted octanol–water partition coefficient (Wildman–Crippen LogP) is 2.59. The van der Waals surface area contributed by atoms with Crippen LogP contribution in [0.4, 0.5) is 11.4 Å². The van der Waals surface area contributed by atoms with Gasteiger partial charge in [-0.15, -0.1) is 6.58 Å². The molecule has 1 aliphatic rings. The zero-order valence-corrected chi connectivity index (χ0v) is 13.8. The van der Waals surface area contributed by atoms with Crippen molar-refractivity contribution in [2.24, 2.45) is 0 Å². The fourth-order valence-corrected chi connectivity index (χ4v) is 3.12. The van der Waals surface area contributed by atoms with E-state index < -0.39 is 28.6 Å². The highest BCUT2D eigenvalue weighted by molar-refractivity contribution is 6.11. The minimum absolute atomic E-state index is 0.0695. The molecule has 0 unspecified atom stereocenters. The van der Waals surface area contributed by atoms with E-state index in [1.807, 2.05) is 0 Å². The quantitative estimate of drug-likeness (QED) is 0.373. The average molecular weight is 352 g/mol. The number of nitro groups is 1. The summed E-state index contributed by atoms with van der Waals surface area (Å²) in [5.41, 5.74) is -1.31. The van der Waals surface area contributed by atoms with E-state index in [9.17, 15) is 24.8 Å². The van der Waals surface area contributed by atoms with Gasteiger partial charge in [0, 0.05) is 29.8 Å². The van der Waals surface area contributed by atoms with Crippen LogP contribution < -0.4 is 4.90 Å². The molecule has 26 heavy (non-hydrogen) atoms. The molecule has 0 bridgehead atoms. The number of nitro benzene ring substituents is 1. The molecule has 0 aromatic heterocycles. The lowest BCUT2D eigenvalue weighted by Gasteiger charge is -2.22. The summed E-state index contributed by atoms with van der Waals surface area (Å²) in [6, 6.07) is 11.9. The van der Waals surface area contributed by atoms with Crippen molar-refractivity contribution in [3.63, 3.8) is 0 Å². The van der Waals surface area contributed by atoms with Gasteiger partial charge >= 0.3 is 0 Å². The largest absolute Gasteiger partial charge is 0.375 e. The van der Waals surface area contributed by atoms with Crippen LogP contribution in [0.2, 0.25) is 0 Å². The Kier molecular flexibility index (Phi) is 4.40. The number of ketones is 1. The summed E-state index contributed by atoms with van der Waals surface area (Å²) in [6.45, 7) is 3.81. The lowest BCUT2D eigenvalue weighted by molar-refractivity contribution is -0.384. The standard InChI is InChI=1S/C19H16N2O5/c1-2-10-20-16-9-4-3-8-15(16)19(24,18(20)23)12-17(22)13-6-5-7-14(11-13)21(25)26/h2-9,11,24H,1,10,12H2/t19-/m1/s1. The molecule has 132 valence electrons. The molecule has 7 nitrogen and oxygen atoms in total. The number of aliphatic hydroxyl groups is 1. The number of benzene rings is 2. The Bertz CT molecular complexity index is 924. The van der Waals surface area contributed by atoms with Crippen LogP contribution in [0.5, 0.6) is 0 Å². The van der Waals surface area contributed by atoms with Crippen molar-refractivity contribution in [1.29, 1.82) is 0 Å². The molecule has 7 heteroatoms. The minimum Gasteiger partial charge on any atom is -0.375 e. The first-order chi connectivity index (χ1) is 12.4. The number of para-hydroxylation sites is 1. The van der Waals surface area contributed by atoms with E-state index in [1.54, 1.807) is 24.3 Å². The Labute approximate surface area is 149 Å². The van der Waals surface area contributed by atoms with Crippen LogP contribution in [-0.2, 0) is 10.4 Å². The topological polar surface area (TPSA) is 101 Å². The molecule has 1 heterocycles. The number of hydrogen-bond acceptors (Lipinski definition) is 5. The van der Waals surface area contributed by atoms with Gasteiger partial charge in [0.1, 0.15) is 0 Å². The van der Waals surface area contributed by atoms with Gasteiger partial charge in [-0.2, -0.15) is 0 Å². The molecule has 0 saturated carbocycles. The normalized spacial score (nSPS) is 18.5. The number of carbonyl (C=O) groups is 2. The highest BCUT2D eigenvalue weighted by Gasteiger charge is 2.50. The molecule has 0 radical (unpaired) electrons. The number of non-ortho nitro benzene ring substituents is 1. The van der Waals surface area contributed by atoms with E-state index in [2.05, 4.69) is 6.58 Å². The molecular formula is C19H16N2O5. The molecule has 1 atom stereocenters. The number of Topliss-reactive ketones (excluding diaryl/α,β-unsaturated/α-hetero) is 1. The van der Waals surface area contributed by atoms with Gasteiger partial charge in [-0.3, -0.25) is 19.7 Å². The van der Waals surface area contributed by atoms with Crippen LogP contribution in [0.3, 0.4) is 0 Å². The van der Waals surface area contributed by atoms with Crippen molar-refractivity contribution in [1.82, 2.24) is 0 Å². The van der Waals surface area contributed by atoms with Gasteiger partial charge in [-0.1, -0.05) is 36.4 Å². The molecule has 0 spiro atoms. The molecule has 0 saturated heterocycles. The van der Waals surface area contributed by atoms with Gasteiger partial charge in [-0.05, 0) is 6.07 Å². The zero-order chi connectivity index (χ0) is 18.9. The maximum Gasteiger partial charge on any atom is 0.270 e. The summed E-state index contributed by atoms with van der Waals surface area (Å²) in [5.74, 6) is -1.17. The summed E-state index contributed by atoms with van der Waals surface area (Å²) >= 11 is 0. The average Bonchev–Trinajstić information content (AvgIpc) is 2.84. The Morgan fingerprint density at radius 1 is 1.27 bits per heavy atom. The number of fused-ring (bicyclic) bond motifs is 1. The maximum absolute atomic E-state index is 12.8. The molecule has 1 N–H and O–H groups in total. The monoisotopic (exact) mass is 352 g/mol. The first-order valence-corrected chi connectivity index (χ1v) is 7.91. The lowest BCUT2D eigenvalue weighted by Crippen LogP contribution is -2.41. The summed E-state index contributed by atoms with van der Waals surface area (Å²) in [4.78, 5) is 37.1. The third-order valence-corrected chi connectivity index (χ3v) is 4.35. The number of rotatable bonds is 6. The van der Waals surface area contributed by atoms with E-state index >= 15 is 0 Å². The van der Waals surface area contributed by atoms with Gasteiger partial charge in [0.05, 0.1) is 17.0 Å². The van der Waals surface area contributed by atoms with Crippen LogP contribution in [0.1, 0.15) is 22.3 Å². The number of anilines is 1. The minimum atomic E-state index is -2.01. The zero-order valence-electron chi connectivity index (χ0n) is 13.8. The predicted molar refractivity (Wildman–Crippen MR) is 94.9 cm³/mol. The van der Waals surface area contributed by atoms with Gasteiger partial charge in [0.25, 0.3) is 11.6 Å². The number of hydrogen-bond donors (Lipinski definition) is 1. The highest BCUT2D eigenvalue weighted by Crippen LogP contribution is 2.42.